The molecular weight excluding hydrogens is 148 g/mol. The van der Waals surface area contributed by atoms with E-state index in [0.29, 0.717) is 5.88 Å². The van der Waals surface area contributed by atoms with Crippen molar-refractivity contribution in [3.05, 3.63) is 12.2 Å². The maximum atomic E-state index is 10.4. The monoisotopic (exact) mass is 160 g/mol. The van der Waals surface area contributed by atoms with Crippen LogP contribution in [0.25, 0.3) is 0 Å². The number of allylic oxidation sites excluding steroid dienone is 2. The van der Waals surface area contributed by atoms with E-state index in [9.17, 15) is 4.79 Å². The SMILES string of the molecule is CC(=O)C=CCCCCCl. The molecule has 0 atom stereocenters. The lowest BCUT2D eigenvalue weighted by molar-refractivity contribution is -0.112. The molecule has 0 unspecified atom stereocenters. The molecule has 0 bridgehead atoms. The summed E-state index contributed by atoms with van der Waals surface area (Å²) in [6, 6.07) is 0. The van der Waals surface area contributed by atoms with Gasteiger partial charge in [0, 0.05) is 5.88 Å². The first kappa shape index (κ1) is 9.70. The molecule has 2 heteroatoms. The van der Waals surface area contributed by atoms with Gasteiger partial charge in [0.05, 0.1) is 0 Å². The van der Waals surface area contributed by atoms with Crippen LogP contribution in [-0.2, 0) is 4.79 Å². The van der Waals surface area contributed by atoms with Gasteiger partial charge in [0.1, 0.15) is 0 Å². The van der Waals surface area contributed by atoms with Crippen LogP contribution in [0.1, 0.15) is 26.2 Å². The summed E-state index contributed by atoms with van der Waals surface area (Å²) < 4.78 is 0. The molecule has 0 saturated heterocycles. The highest BCUT2D eigenvalue weighted by molar-refractivity contribution is 6.17. The molecule has 58 valence electrons. The van der Waals surface area contributed by atoms with Crippen molar-refractivity contribution in [1.29, 1.82) is 0 Å². The topological polar surface area (TPSA) is 17.1 Å². The summed E-state index contributed by atoms with van der Waals surface area (Å²) in [7, 11) is 0. The van der Waals surface area contributed by atoms with Crippen LogP contribution in [0.3, 0.4) is 0 Å². The molecule has 0 aliphatic rings. The molecule has 0 heterocycles. The molecule has 0 aromatic heterocycles. The second kappa shape index (κ2) is 6.81. The van der Waals surface area contributed by atoms with Gasteiger partial charge in [-0.15, -0.1) is 11.6 Å². The first-order valence-electron chi connectivity index (χ1n) is 3.50. The Labute approximate surface area is 67.1 Å². The summed E-state index contributed by atoms with van der Waals surface area (Å²) in [4.78, 5) is 10.4. The fourth-order valence-corrected chi connectivity index (χ4v) is 0.795. The van der Waals surface area contributed by atoms with Gasteiger partial charge in [-0.2, -0.15) is 0 Å². The van der Waals surface area contributed by atoms with E-state index < -0.39 is 0 Å². The molecule has 0 aromatic carbocycles. The fraction of sp³-hybridized carbons (Fsp3) is 0.625. The Hall–Kier alpha value is -0.300. The molecule has 0 fully saturated rings. The maximum absolute atomic E-state index is 10.4. The zero-order valence-electron chi connectivity index (χ0n) is 6.27. The molecule has 0 aliphatic carbocycles. The normalized spacial score (nSPS) is 10.6. The van der Waals surface area contributed by atoms with Gasteiger partial charge in [0.2, 0.25) is 0 Å². The van der Waals surface area contributed by atoms with E-state index in [1.165, 1.54) is 0 Å². The Morgan fingerprint density at radius 2 is 2.20 bits per heavy atom. The first-order valence-corrected chi connectivity index (χ1v) is 4.04. The largest absolute Gasteiger partial charge is 0.295 e. The molecule has 0 amide bonds. The highest BCUT2D eigenvalue weighted by Gasteiger charge is 1.83. The maximum Gasteiger partial charge on any atom is 0.152 e. The highest BCUT2D eigenvalue weighted by Crippen LogP contribution is 1.97. The van der Waals surface area contributed by atoms with E-state index in [4.69, 9.17) is 11.6 Å². The number of carbonyl (C=O) groups is 1. The van der Waals surface area contributed by atoms with E-state index in [0.717, 1.165) is 19.3 Å². The second-order valence-corrected chi connectivity index (χ2v) is 2.58. The van der Waals surface area contributed by atoms with Crippen LogP contribution in [-0.4, -0.2) is 11.7 Å². The van der Waals surface area contributed by atoms with Crippen molar-refractivity contribution in [2.45, 2.75) is 26.2 Å². The third kappa shape index (κ3) is 7.70. The van der Waals surface area contributed by atoms with Gasteiger partial charge in [-0.25, -0.2) is 0 Å². The average molecular weight is 161 g/mol. The standard InChI is InChI=1S/C8H13ClO/c1-8(10)6-4-2-3-5-7-9/h4,6H,2-3,5,7H2,1H3. The molecule has 1 nitrogen and oxygen atoms in total. The quantitative estimate of drug-likeness (QED) is 0.343. The second-order valence-electron chi connectivity index (χ2n) is 2.20. The zero-order valence-corrected chi connectivity index (χ0v) is 7.03. The summed E-state index contributed by atoms with van der Waals surface area (Å²) in [5, 5.41) is 0. The average Bonchev–Trinajstić information content (AvgIpc) is 1.87. The molecule has 0 aromatic rings. The van der Waals surface area contributed by atoms with Gasteiger partial charge in [-0.3, -0.25) is 4.79 Å². The molecular formula is C8H13ClO. The Morgan fingerprint density at radius 1 is 1.50 bits per heavy atom. The van der Waals surface area contributed by atoms with Crippen molar-refractivity contribution in [2.75, 3.05) is 5.88 Å². The number of ketones is 1. The smallest absolute Gasteiger partial charge is 0.152 e. The molecule has 0 saturated carbocycles. The fourth-order valence-electron chi connectivity index (χ4n) is 0.606. The van der Waals surface area contributed by atoms with E-state index in [1.54, 1.807) is 13.0 Å². The van der Waals surface area contributed by atoms with Crippen molar-refractivity contribution < 1.29 is 4.79 Å². The number of hydrogen-bond donors (Lipinski definition) is 0. The summed E-state index contributed by atoms with van der Waals surface area (Å²) in [6.07, 6.45) is 6.58. The van der Waals surface area contributed by atoms with Crippen molar-refractivity contribution >= 4 is 17.4 Å². The molecule has 0 radical (unpaired) electrons. The Kier molecular flexibility index (Phi) is 6.61. The van der Waals surface area contributed by atoms with Gasteiger partial charge in [-0.1, -0.05) is 6.08 Å². The van der Waals surface area contributed by atoms with Gasteiger partial charge < -0.3 is 0 Å². The highest BCUT2D eigenvalue weighted by atomic mass is 35.5. The van der Waals surface area contributed by atoms with Gasteiger partial charge in [-0.05, 0) is 32.3 Å². The first-order chi connectivity index (χ1) is 4.77. The third-order valence-corrected chi connectivity index (χ3v) is 1.37. The van der Waals surface area contributed by atoms with E-state index in [-0.39, 0.29) is 5.78 Å². The van der Waals surface area contributed by atoms with E-state index in [1.807, 2.05) is 6.08 Å². The van der Waals surface area contributed by atoms with Crippen LogP contribution in [0.15, 0.2) is 12.2 Å². The molecule has 0 spiro atoms. The number of alkyl halides is 1. The van der Waals surface area contributed by atoms with Gasteiger partial charge in [0.15, 0.2) is 5.78 Å². The number of rotatable bonds is 5. The zero-order chi connectivity index (χ0) is 7.82. The molecule has 0 rings (SSSR count). The molecule has 0 aliphatic heterocycles. The van der Waals surface area contributed by atoms with Crippen molar-refractivity contribution in [3.63, 3.8) is 0 Å². The summed E-state index contributed by atoms with van der Waals surface area (Å²) in [6.45, 7) is 1.55. The Balaban J connectivity index is 3.10. The summed E-state index contributed by atoms with van der Waals surface area (Å²) in [5.41, 5.74) is 0. The summed E-state index contributed by atoms with van der Waals surface area (Å²) >= 11 is 5.45. The minimum atomic E-state index is 0.117. The van der Waals surface area contributed by atoms with Crippen LogP contribution >= 0.6 is 11.6 Å². The number of unbranched alkanes of at least 4 members (excludes halogenated alkanes) is 2. The van der Waals surface area contributed by atoms with Crippen LogP contribution < -0.4 is 0 Å². The van der Waals surface area contributed by atoms with E-state index >= 15 is 0 Å². The van der Waals surface area contributed by atoms with E-state index in [2.05, 4.69) is 0 Å². The van der Waals surface area contributed by atoms with Crippen molar-refractivity contribution in [2.24, 2.45) is 0 Å². The number of halogens is 1. The Bertz CT molecular complexity index is 118. The predicted molar refractivity (Wildman–Crippen MR) is 44.4 cm³/mol. The van der Waals surface area contributed by atoms with Crippen LogP contribution in [0.4, 0.5) is 0 Å². The third-order valence-electron chi connectivity index (χ3n) is 1.11. The predicted octanol–water partition coefficient (Wildman–Crippen LogP) is 2.54. The minimum absolute atomic E-state index is 0.117. The van der Waals surface area contributed by atoms with Gasteiger partial charge >= 0.3 is 0 Å². The van der Waals surface area contributed by atoms with Crippen LogP contribution in [0, 0.1) is 0 Å². The lowest BCUT2D eigenvalue weighted by Crippen LogP contribution is -1.80. The summed E-state index contributed by atoms with van der Waals surface area (Å²) in [5.74, 6) is 0.833. The van der Waals surface area contributed by atoms with Crippen LogP contribution in [0.2, 0.25) is 0 Å². The minimum Gasteiger partial charge on any atom is -0.295 e. The van der Waals surface area contributed by atoms with Gasteiger partial charge in [0.25, 0.3) is 0 Å². The molecule has 0 N–H and O–H groups in total. The lowest BCUT2D eigenvalue weighted by atomic mass is 10.2. The lowest BCUT2D eigenvalue weighted by Gasteiger charge is -1.88. The number of carbonyl (C=O) groups excluding carboxylic acids is 1. The Morgan fingerprint density at radius 3 is 2.70 bits per heavy atom. The van der Waals surface area contributed by atoms with Crippen molar-refractivity contribution in [3.8, 4) is 0 Å². The van der Waals surface area contributed by atoms with Crippen LogP contribution in [0.5, 0.6) is 0 Å². The number of hydrogen-bond acceptors (Lipinski definition) is 1. The van der Waals surface area contributed by atoms with Crippen molar-refractivity contribution in [1.82, 2.24) is 0 Å². The molecule has 10 heavy (non-hydrogen) atoms.